The van der Waals surface area contributed by atoms with Crippen LogP contribution in [0, 0.1) is 0 Å². The van der Waals surface area contributed by atoms with Gasteiger partial charge in [0.1, 0.15) is 17.3 Å². The smallest absolute Gasteiger partial charge is 0.354 e. The second-order valence-electron chi connectivity index (χ2n) is 7.06. The standard InChI is InChI=1S/C17H24N6O2/c24-17(25)15-13(10-18-20-15)11-22-8-5-12(6-9-22)16-21-19-14-4-2-1-3-7-23(14)16/h10,12H,1-9,11H2,(H,18,20)(H,24,25). The number of nitrogens with zero attached hydrogens (tertiary/aromatic N) is 5. The quantitative estimate of drug-likeness (QED) is 0.877. The van der Waals surface area contributed by atoms with Crippen LogP contribution in [0.5, 0.6) is 0 Å². The first-order valence-electron chi connectivity index (χ1n) is 9.12. The van der Waals surface area contributed by atoms with Gasteiger partial charge >= 0.3 is 5.97 Å². The number of carbonyl (C=O) groups is 1. The summed E-state index contributed by atoms with van der Waals surface area (Å²) in [7, 11) is 0. The van der Waals surface area contributed by atoms with E-state index in [0.29, 0.717) is 12.5 Å². The van der Waals surface area contributed by atoms with Crippen molar-refractivity contribution in [1.82, 2.24) is 29.9 Å². The van der Waals surface area contributed by atoms with E-state index in [2.05, 4.69) is 29.9 Å². The molecule has 0 atom stereocenters. The zero-order chi connectivity index (χ0) is 17.2. The fraction of sp³-hybridized carbons (Fsp3) is 0.647. The van der Waals surface area contributed by atoms with Crippen molar-refractivity contribution in [3.8, 4) is 0 Å². The molecular weight excluding hydrogens is 320 g/mol. The van der Waals surface area contributed by atoms with Gasteiger partial charge in [0.05, 0.1) is 6.20 Å². The Labute approximate surface area is 146 Å². The third-order valence-electron chi connectivity index (χ3n) is 5.42. The summed E-state index contributed by atoms with van der Waals surface area (Å²) in [4.78, 5) is 13.5. The lowest BCUT2D eigenvalue weighted by molar-refractivity contribution is 0.0687. The van der Waals surface area contributed by atoms with Gasteiger partial charge in [0, 0.05) is 31.0 Å². The Morgan fingerprint density at radius 1 is 1.20 bits per heavy atom. The number of aromatic amines is 1. The van der Waals surface area contributed by atoms with Crippen LogP contribution >= 0.6 is 0 Å². The number of aromatic nitrogens is 5. The first kappa shape index (κ1) is 16.3. The summed E-state index contributed by atoms with van der Waals surface area (Å²) >= 11 is 0. The number of fused-ring (bicyclic) bond motifs is 1. The molecule has 2 aromatic heterocycles. The van der Waals surface area contributed by atoms with E-state index in [0.717, 1.165) is 56.1 Å². The van der Waals surface area contributed by atoms with Gasteiger partial charge in [0.15, 0.2) is 0 Å². The van der Waals surface area contributed by atoms with Crippen LogP contribution in [0.1, 0.15) is 65.7 Å². The van der Waals surface area contributed by atoms with Crippen molar-refractivity contribution >= 4 is 5.97 Å². The maximum atomic E-state index is 11.2. The summed E-state index contributed by atoms with van der Waals surface area (Å²) in [5.41, 5.74) is 0.951. The lowest BCUT2D eigenvalue weighted by Crippen LogP contribution is -2.33. The van der Waals surface area contributed by atoms with E-state index in [4.69, 9.17) is 0 Å². The van der Waals surface area contributed by atoms with Crippen molar-refractivity contribution in [2.24, 2.45) is 0 Å². The van der Waals surface area contributed by atoms with Gasteiger partial charge in [-0.1, -0.05) is 6.42 Å². The third-order valence-corrected chi connectivity index (χ3v) is 5.42. The summed E-state index contributed by atoms with van der Waals surface area (Å²) < 4.78 is 2.35. The normalized spacial score (nSPS) is 19.5. The zero-order valence-corrected chi connectivity index (χ0v) is 14.3. The first-order valence-corrected chi connectivity index (χ1v) is 9.12. The zero-order valence-electron chi connectivity index (χ0n) is 14.3. The van der Waals surface area contributed by atoms with Crippen molar-refractivity contribution in [2.75, 3.05) is 13.1 Å². The van der Waals surface area contributed by atoms with E-state index in [1.165, 1.54) is 19.3 Å². The topological polar surface area (TPSA) is 99.9 Å². The van der Waals surface area contributed by atoms with Crippen LogP contribution in [0.2, 0.25) is 0 Å². The highest BCUT2D eigenvalue weighted by Gasteiger charge is 2.27. The molecule has 8 nitrogen and oxygen atoms in total. The lowest BCUT2D eigenvalue weighted by Gasteiger charge is -2.31. The fourth-order valence-corrected chi connectivity index (χ4v) is 4.02. The highest BCUT2D eigenvalue weighted by atomic mass is 16.4. The largest absolute Gasteiger partial charge is 0.477 e. The van der Waals surface area contributed by atoms with Crippen molar-refractivity contribution < 1.29 is 9.90 Å². The van der Waals surface area contributed by atoms with Gasteiger partial charge in [-0.25, -0.2) is 4.79 Å². The van der Waals surface area contributed by atoms with E-state index < -0.39 is 5.97 Å². The van der Waals surface area contributed by atoms with Crippen LogP contribution in [-0.4, -0.2) is 54.0 Å². The molecule has 0 amide bonds. The molecule has 0 aliphatic carbocycles. The van der Waals surface area contributed by atoms with Crippen molar-refractivity contribution in [1.29, 1.82) is 0 Å². The Morgan fingerprint density at radius 3 is 2.84 bits per heavy atom. The molecule has 134 valence electrons. The van der Waals surface area contributed by atoms with Gasteiger partial charge in [0.2, 0.25) is 0 Å². The Morgan fingerprint density at radius 2 is 2.04 bits per heavy atom. The number of rotatable bonds is 4. The predicted octanol–water partition coefficient (Wildman–Crippen LogP) is 1.81. The summed E-state index contributed by atoms with van der Waals surface area (Å²) in [6, 6.07) is 0. The lowest BCUT2D eigenvalue weighted by atomic mass is 9.95. The number of aromatic carboxylic acids is 1. The summed E-state index contributed by atoms with van der Waals surface area (Å²) in [5, 5.41) is 24.5. The van der Waals surface area contributed by atoms with Gasteiger partial charge in [-0.3, -0.25) is 10.00 Å². The molecular formula is C17H24N6O2. The average Bonchev–Trinajstić information content (AvgIpc) is 3.17. The maximum absolute atomic E-state index is 11.2. The Bertz CT molecular complexity index is 744. The van der Waals surface area contributed by atoms with Crippen LogP contribution < -0.4 is 0 Å². The van der Waals surface area contributed by atoms with Crippen LogP contribution in [0.4, 0.5) is 0 Å². The number of carboxylic acid groups (broad SMARTS) is 1. The second kappa shape index (κ2) is 6.95. The number of H-pyrrole nitrogens is 1. The van der Waals surface area contributed by atoms with Crippen molar-refractivity contribution in [2.45, 2.75) is 57.5 Å². The first-order chi connectivity index (χ1) is 12.2. The monoisotopic (exact) mass is 344 g/mol. The Balaban J connectivity index is 1.39. The minimum atomic E-state index is -0.950. The molecule has 0 unspecified atom stereocenters. The number of piperidine rings is 1. The number of hydrogen-bond donors (Lipinski definition) is 2. The minimum Gasteiger partial charge on any atom is -0.477 e. The van der Waals surface area contributed by atoms with Crippen LogP contribution in [0.15, 0.2) is 6.20 Å². The highest BCUT2D eigenvalue weighted by molar-refractivity contribution is 5.86. The van der Waals surface area contributed by atoms with Crippen LogP contribution in [0.3, 0.4) is 0 Å². The van der Waals surface area contributed by atoms with E-state index in [9.17, 15) is 9.90 Å². The van der Waals surface area contributed by atoms with Gasteiger partial charge < -0.3 is 9.67 Å². The molecule has 2 N–H and O–H groups in total. The number of likely N-dealkylation sites (tertiary alicyclic amines) is 1. The average molecular weight is 344 g/mol. The molecule has 1 saturated heterocycles. The molecule has 0 radical (unpaired) electrons. The van der Waals surface area contributed by atoms with Crippen LogP contribution in [-0.2, 0) is 19.5 Å². The van der Waals surface area contributed by atoms with Gasteiger partial charge in [0.25, 0.3) is 0 Å². The molecule has 0 saturated carbocycles. The molecule has 0 spiro atoms. The van der Waals surface area contributed by atoms with Gasteiger partial charge in [-0.05, 0) is 38.8 Å². The molecule has 0 bridgehead atoms. The SMILES string of the molecule is O=C(O)c1[nH]ncc1CN1CCC(c2nnc3n2CCCCC3)CC1. The van der Waals surface area contributed by atoms with E-state index in [-0.39, 0.29) is 5.69 Å². The Kier molecular flexibility index (Phi) is 4.52. The molecule has 4 rings (SSSR count). The highest BCUT2D eigenvalue weighted by Crippen LogP contribution is 2.29. The molecule has 25 heavy (non-hydrogen) atoms. The maximum Gasteiger partial charge on any atom is 0.354 e. The molecule has 8 heteroatoms. The molecule has 2 aliphatic rings. The molecule has 0 aromatic carbocycles. The third kappa shape index (κ3) is 3.30. The summed E-state index contributed by atoms with van der Waals surface area (Å²) in [5.74, 6) is 1.82. The van der Waals surface area contributed by atoms with Gasteiger partial charge in [-0.15, -0.1) is 10.2 Å². The predicted molar refractivity (Wildman–Crippen MR) is 90.4 cm³/mol. The van der Waals surface area contributed by atoms with E-state index >= 15 is 0 Å². The van der Waals surface area contributed by atoms with Crippen molar-refractivity contribution in [3.63, 3.8) is 0 Å². The number of hydrogen-bond acceptors (Lipinski definition) is 5. The van der Waals surface area contributed by atoms with Crippen molar-refractivity contribution in [3.05, 3.63) is 29.1 Å². The molecule has 4 heterocycles. The molecule has 2 aliphatic heterocycles. The van der Waals surface area contributed by atoms with Gasteiger partial charge in [-0.2, -0.15) is 5.10 Å². The molecule has 2 aromatic rings. The second-order valence-corrected chi connectivity index (χ2v) is 7.06. The summed E-state index contributed by atoms with van der Waals surface area (Å²) in [6.45, 7) is 3.56. The minimum absolute atomic E-state index is 0.199. The van der Waals surface area contributed by atoms with E-state index in [1.807, 2.05) is 0 Å². The Hall–Kier alpha value is -2.22. The molecule has 1 fully saturated rings. The van der Waals surface area contributed by atoms with E-state index in [1.54, 1.807) is 6.20 Å². The number of carboxylic acids is 1. The number of aryl methyl sites for hydroxylation is 1. The van der Waals surface area contributed by atoms with Crippen LogP contribution in [0.25, 0.3) is 0 Å². The summed E-state index contributed by atoms with van der Waals surface area (Å²) in [6.07, 6.45) is 8.45. The number of nitrogens with one attached hydrogen (secondary N) is 1. The fourth-order valence-electron chi connectivity index (χ4n) is 4.02.